The summed E-state index contributed by atoms with van der Waals surface area (Å²) in [7, 11) is 1.84. The Hall–Kier alpha value is -2.96. The minimum absolute atomic E-state index is 0.0169. The molecular formula is C21H26N6O. The molecule has 28 heavy (non-hydrogen) atoms. The molecule has 0 aromatic carbocycles. The Bertz CT molecular complexity index is 982. The van der Waals surface area contributed by atoms with Crippen LogP contribution in [0.2, 0.25) is 0 Å². The van der Waals surface area contributed by atoms with Crippen LogP contribution in [-0.2, 0) is 12.5 Å². The zero-order valence-electron chi connectivity index (χ0n) is 16.8. The van der Waals surface area contributed by atoms with Gasteiger partial charge in [-0.25, -0.2) is 0 Å². The fourth-order valence-electron chi connectivity index (χ4n) is 3.80. The van der Waals surface area contributed by atoms with Gasteiger partial charge in [-0.05, 0) is 36.6 Å². The van der Waals surface area contributed by atoms with Crippen molar-refractivity contribution < 1.29 is 4.79 Å². The highest BCUT2D eigenvalue weighted by atomic mass is 16.2. The molecule has 3 aromatic rings. The van der Waals surface area contributed by atoms with E-state index in [1.165, 1.54) is 0 Å². The zero-order valence-corrected chi connectivity index (χ0v) is 16.8. The maximum absolute atomic E-state index is 13.4. The molecule has 0 radical (unpaired) electrons. The van der Waals surface area contributed by atoms with Crippen LogP contribution in [-0.4, -0.2) is 42.3 Å². The van der Waals surface area contributed by atoms with Gasteiger partial charge in [-0.2, -0.15) is 10.2 Å². The van der Waals surface area contributed by atoms with E-state index in [0.717, 1.165) is 41.9 Å². The quantitative estimate of drug-likeness (QED) is 0.757. The van der Waals surface area contributed by atoms with Crippen LogP contribution in [0.15, 0.2) is 36.8 Å². The predicted molar refractivity (Wildman–Crippen MR) is 107 cm³/mol. The number of carbonyl (C=O) groups excluding carboxylic acids is 1. The van der Waals surface area contributed by atoms with Gasteiger partial charge in [0.1, 0.15) is 5.69 Å². The van der Waals surface area contributed by atoms with Crippen molar-refractivity contribution >= 4 is 5.91 Å². The Kier molecular flexibility index (Phi) is 4.53. The lowest BCUT2D eigenvalue weighted by Crippen LogP contribution is -2.32. The van der Waals surface area contributed by atoms with Crippen LogP contribution < -0.4 is 0 Å². The number of aromatic amines is 1. The number of hydrogen-bond donors (Lipinski definition) is 1. The number of aromatic nitrogens is 5. The standard InChI is InChI=1S/C21H26N6O/c1-21(2,3)18-12-17(26(4)25-18)20(28)27-11-5-6-16(27)19-15(13-23-24-19)14-7-9-22-10-8-14/h7-10,12-13,16H,5-6,11H2,1-4H3,(H,23,24)/t16-/m0/s1. The average molecular weight is 378 g/mol. The second-order valence-electron chi connectivity index (χ2n) is 8.38. The van der Waals surface area contributed by atoms with Gasteiger partial charge in [0.15, 0.2) is 0 Å². The second kappa shape index (κ2) is 6.89. The Morgan fingerprint density at radius 2 is 2.00 bits per heavy atom. The van der Waals surface area contributed by atoms with E-state index in [1.54, 1.807) is 17.1 Å². The lowest BCUT2D eigenvalue weighted by Gasteiger charge is -2.24. The molecule has 1 aliphatic rings. The normalized spacial score (nSPS) is 17.3. The van der Waals surface area contributed by atoms with Crippen molar-refractivity contribution in [2.75, 3.05) is 6.54 Å². The Morgan fingerprint density at radius 1 is 1.25 bits per heavy atom. The molecule has 146 valence electrons. The van der Waals surface area contributed by atoms with E-state index < -0.39 is 0 Å². The number of carbonyl (C=O) groups is 1. The minimum atomic E-state index is -0.0986. The summed E-state index contributed by atoms with van der Waals surface area (Å²) in [5.41, 5.74) is 4.50. The van der Waals surface area contributed by atoms with Gasteiger partial charge >= 0.3 is 0 Å². The Balaban J connectivity index is 1.66. The van der Waals surface area contributed by atoms with Crippen molar-refractivity contribution in [2.45, 2.75) is 45.1 Å². The molecular weight excluding hydrogens is 352 g/mol. The lowest BCUT2D eigenvalue weighted by atomic mass is 9.92. The third-order valence-corrected chi connectivity index (χ3v) is 5.37. The molecule has 1 aliphatic heterocycles. The lowest BCUT2D eigenvalue weighted by molar-refractivity contribution is 0.0722. The fraction of sp³-hybridized carbons (Fsp3) is 0.429. The largest absolute Gasteiger partial charge is 0.329 e. The van der Waals surface area contributed by atoms with Crippen LogP contribution in [0.3, 0.4) is 0 Å². The number of amides is 1. The van der Waals surface area contributed by atoms with Crippen molar-refractivity contribution in [1.82, 2.24) is 29.9 Å². The number of aryl methyl sites for hydroxylation is 1. The molecule has 0 bridgehead atoms. The highest BCUT2D eigenvalue weighted by Gasteiger charge is 2.35. The third-order valence-electron chi connectivity index (χ3n) is 5.37. The van der Waals surface area contributed by atoms with E-state index >= 15 is 0 Å². The summed E-state index contributed by atoms with van der Waals surface area (Å²) >= 11 is 0. The molecule has 7 heteroatoms. The highest BCUT2D eigenvalue weighted by molar-refractivity contribution is 5.93. The van der Waals surface area contributed by atoms with Crippen molar-refractivity contribution in [1.29, 1.82) is 0 Å². The van der Waals surface area contributed by atoms with Crippen molar-refractivity contribution in [3.8, 4) is 11.1 Å². The first kappa shape index (κ1) is 18.4. The predicted octanol–water partition coefficient (Wildman–Crippen LogP) is 3.48. The van der Waals surface area contributed by atoms with E-state index in [2.05, 4.69) is 41.1 Å². The topological polar surface area (TPSA) is 79.7 Å². The van der Waals surface area contributed by atoms with Gasteiger partial charge in [-0.3, -0.25) is 19.6 Å². The summed E-state index contributed by atoms with van der Waals surface area (Å²) < 4.78 is 1.70. The van der Waals surface area contributed by atoms with Crippen LogP contribution in [0.1, 0.15) is 61.5 Å². The third kappa shape index (κ3) is 3.21. The number of rotatable bonds is 3. The monoisotopic (exact) mass is 378 g/mol. The number of pyridine rings is 1. The van der Waals surface area contributed by atoms with E-state index in [-0.39, 0.29) is 17.4 Å². The van der Waals surface area contributed by atoms with Crippen LogP contribution >= 0.6 is 0 Å². The summed E-state index contributed by atoms with van der Waals surface area (Å²) in [5.74, 6) is 0.0169. The van der Waals surface area contributed by atoms with Gasteiger partial charge in [0.05, 0.1) is 23.6 Å². The van der Waals surface area contributed by atoms with Crippen molar-refractivity contribution in [3.63, 3.8) is 0 Å². The van der Waals surface area contributed by atoms with E-state index in [1.807, 2.05) is 36.3 Å². The van der Waals surface area contributed by atoms with Gasteiger partial charge in [-0.1, -0.05) is 20.8 Å². The molecule has 1 fully saturated rings. The molecule has 0 aliphatic carbocycles. The maximum Gasteiger partial charge on any atom is 0.272 e. The molecule has 1 N–H and O–H groups in total. The van der Waals surface area contributed by atoms with Crippen LogP contribution in [0.4, 0.5) is 0 Å². The van der Waals surface area contributed by atoms with Crippen LogP contribution in [0.5, 0.6) is 0 Å². The van der Waals surface area contributed by atoms with Gasteiger partial charge < -0.3 is 4.90 Å². The highest BCUT2D eigenvalue weighted by Crippen LogP contribution is 2.37. The minimum Gasteiger partial charge on any atom is -0.329 e. The first-order valence-corrected chi connectivity index (χ1v) is 9.65. The average Bonchev–Trinajstić information content (AvgIpc) is 3.39. The SMILES string of the molecule is Cn1nc(C(C)(C)C)cc1C(=O)N1CCC[C@H]1c1[nH]ncc1-c1ccncc1. The zero-order chi connectivity index (χ0) is 19.9. The van der Waals surface area contributed by atoms with Crippen LogP contribution in [0, 0.1) is 0 Å². The Labute approximate surface area is 164 Å². The molecule has 0 saturated carbocycles. The summed E-state index contributed by atoms with van der Waals surface area (Å²) in [6, 6.07) is 5.83. The smallest absolute Gasteiger partial charge is 0.272 e. The number of hydrogen-bond acceptors (Lipinski definition) is 4. The van der Waals surface area contributed by atoms with Gasteiger partial charge in [0, 0.05) is 37.0 Å². The molecule has 4 heterocycles. The molecule has 0 unspecified atom stereocenters. The summed E-state index contributed by atoms with van der Waals surface area (Å²) in [5, 5.41) is 12.0. The molecule has 1 saturated heterocycles. The first-order chi connectivity index (χ1) is 13.4. The first-order valence-electron chi connectivity index (χ1n) is 9.65. The van der Waals surface area contributed by atoms with Crippen molar-refractivity contribution in [2.24, 2.45) is 7.05 Å². The van der Waals surface area contributed by atoms with Gasteiger partial charge in [0.2, 0.25) is 0 Å². The molecule has 3 aromatic heterocycles. The number of H-pyrrole nitrogens is 1. The van der Waals surface area contributed by atoms with E-state index in [9.17, 15) is 4.79 Å². The maximum atomic E-state index is 13.4. The molecule has 1 atom stereocenters. The molecule has 7 nitrogen and oxygen atoms in total. The van der Waals surface area contributed by atoms with Gasteiger partial charge in [0.25, 0.3) is 5.91 Å². The fourth-order valence-corrected chi connectivity index (χ4v) is 3.80. The number of nitrogens with one attached hydrogen (secondary N) is 1. The Morgan fingerprint density at radius 3 is 2.68 bits per heavy atom. The molecule has 4 rings (SSSR count). The summed E-state index contributed by atoms with van der Waals surface area (Å²) in [6.07, 6.45) is 7.25. The second-order valence-corrected chi connectivity index (χ2v) is 8.38. The van der Waals surface area contributed by atoms with Gasteiger partial charge in [-0.15, -0.1) is 0 Å². The van der Waals surface area contributed by atoms with E-state index in [0.29, 0.717) is 5.69 Å². The van der Waals surface area contributed by atoms with Crippen LogP contribution in [0.25, 0.3) is 11.1 Å². The molecule has 1 amide bonds. The molecule has 0 spiro atoms. The van der Waals surface area contributed by atoms with E-state index in [4.69, 9.17) is 0 Å². The number of nitrogens with zero attached hydrogens (tertiary/aromatic N) is 5. The number of likely N-dealkylation sites (tertiary alicyclic amines) is 1. The summed E-state index contributed by atoms with van der Waals surface area (Å²) in [4.78, 5) is 19.4. The summed E-state index contributed by atoms with van der Waals surface area (Å²) in [6.45, 7) is 7.05. The van der Waals surface area contributed by atoms with Crippen molar-refractivity contribution in [3.05, 3.63) is 53.9 Å².